The second-order valence-electron chi connectivity index (χ2n) is 3.09. The van der Waals surface area contributed by atoms with Crippen molar-refractivity contribution in [3.63, 3.8) is 0 Å². The van der Waals surface area contributed by atoms with Crippen LogP contribution in [0.2, 0.25) is 0 Å². The first kappa shape index (κ1) is 11.1. The molecule has 0 saturated heterocycles. The van der Waals surface area contributed by atoms with E-state index in [1.54, 1.807) is 6.07 Å². The average molecular weight is 214 g/mol. The Kier molecular flexibility index (Phi) is 4.03. The Bertz CT molecular complexity index is 312. The molecule has 0 fully saturated rings. The van der Waals surface area contributed by atoms with Gasteiger partial charge in [-0.1, -0.05) is 6.92 Å². The van der Waals surface area contributed by atoms with E-state index in [-0.39, 0.29) is 12.5 Å². The minimum absolute atomic E-state index is 0.221. The van der Waals surface area contributed by atoms with Crippen molar-refractivity contribution < 1.29 is 9.90 Å². The zero-order chi connectivity index (χ0) is 10.6. The van der Waals surface area contributed by atoms with Gasteiger partial charge in [0.25, 0.3) is 5.91 Å². The second-order valence-corrected chi connectivity index (χ2v) is 4.10. The number of hydrogen-bond donors (Lipinski definition) is 2. The smallest absolute Gasteiger partial charge is 0.271 e. The Morgan fingerprint density at radius 1 is 1.79 bits per heavy atom. The molecule has 0 aliphatic carbocycles. The van der Waals surface area contributed by atoms with Crippen LogP contribution in [0.1, 0.15) is 28.7 Å². The summed E-state index contributed by atoms with van der Waals surface area (Å²) >= 11 is 1.30. The van der Waals surface area contributed by atoms with E-state index >= 15 is 0 Å². The summed E-state index contributed by atoms with van der Waals surface area (Å²) in [6.07, 6.45) is 0.162. The molecular formula is C9H14N2O2S. The molecule has 2 N–H and O–H groups in total. The molecule has 1 atom stereocenters. The summed E-state index contributed by atoms with van der Waals surface area (Å²) in [7, 11) is 0. The summed E-state index contributed by atoms with van der Waals surface area (Å²) in [6.45, 7) is 4.05. The molecule has 0 aliphatic rings. The molecule has 1 heterocycles. The van der Waals surface area contributed by atoms with E-state index in [0.717, 1.165) is 4.88 Å². The summed E-state index contributed by atoms with van der Waals surface area (Å²) in [6, 6.07) is 1.73. The number of amides is 1. The van der Waals surface area contributed by atoms with E-state index < -0.39 is 6.10 Å². The number of aromatic nitrogens is 1. The van der Waals surface area contributed by atoms with Gasteiger partial charge >= 0.3 is 0 Å². The van der Waals surface area contributed by atoms with E-state index in [1.165, 1.54) is 11.5 Å². The maximum Gasteiger partial charge on any atom is 0.271 e. The lowest BCUT2D eigenvalue weighted by molar-refractivity contribution is 0.0910. The van der Waals surface area contributed by atoms with Crippen molar-refractivity contribution >= 4 is 17.4 Å². The zero-order valence-electron chi connectivity index (χ0n) is 8.28. The first-order valence-corrected chi connectivity index (χ1v) is 5.30. The highest BCUT2D eigenvalue weighted by molar-refractivity contribution is 7.05. The van der Waals surface area contributed by atoms with E-state index in [0.29, 0.717) is 12.1 Å². The lowest BCUT2D eigenvalue weighted by Gasteiger charge is -2.07. The molecule has 0 bridgehead atoms. The number of carbonyl (C=O) groups excluding carboxylic acids is 1. The first-order chi connectivity index (χ1) is 6.63. The molecule has 4 nitrogen and oxygen atoms in total. The van der Waals surface area contributed by atoms with Crippen LogP contribution >= 0.6 is 11.5 Å². The summed E-state index contributed by atoms with van der Waals surface area (Å²) < 4.78 is 3.97. The number of rotatable bonds is 4. The Morgan fingerprint density at radius 3 is 3.00 bits per heavy atom. The van der Waals surface area contributed by atoms with Crippen LogP contribution < -0.4 is 5.32 Å². The molecule has 0 radical (unpaired) electrons. The van der Waals surface area contributed by atoms with Crippen molar-refractivity contribution in [3.05, 3.63) is 16.6 Å². The van der Waals surface area contributed by atoms with Crippen molar-refractivity contribution in [2.45, 2.75) is 26.4 Å². The van der Waals surface area contributed by atoms with Crippen molar-refractivity contribution in [1.29, 1.82) is 0 Å². The van der Waals surface area contributed by atoms with E-state index in [4.69, 9.17) is 0 Å². The standard InChI is InChI=1S/C9H14N2O2S/c1-3-7(12)5-10-9(13)8-4-6(2)14-11-8/h4,7,12H,3,5H2,1-2H3,(H,10,13)/t7-/m1/s1. The van der Waals surface area contributed by atoms with Gasteiger partial charge in [0.05, 0.1) is 6.10 Å². The third-order valence-corrected chi connectivity index (χ3v) is 2.52. The van der Waals surface area contributed by atoms with Crippen LogP contribution in [0.25, 0.3) is 0 Å². The first-order valence-electron chi connectivity index (χ1n) is 4.53. The van der Waals surface area contributed by atoms with Gasteiger partial charge in [0.2, 0.25) is 0 Å². The number of hydrogen-bond acceptors (Lipinski definition) is 4. The van der Waals surface area contributed by atoms with Crippen molar-refractivity contribution in [1.82, 2.24) is 9.69 Å². The third kappa shape index (κ3) is 3.08. The minimum Gasteiger partial charge on any atom is -0.391 e. The molecule has 0 spiro atoms. The van der Waals surface area contributed by atoms with Crippen molar-refractivity contribution in [3.8, 4) is 0 Å². The lowest BCUT2D eigenvalue weighted by atomic mass is 10.3. The molecular weight excluding hydrogens is 200 g/mol. The number of carbonyl (C=O) groups is 1. The number of nitrogens with zero attached hydrogens (tertiary/aromatic N) is 1. The highest BCUT2D eigenvalue weighted by atomic mass is 32.1. The summed E-state index contributed by atoms with van der Waals surface area (Å²) in [5.41, 5.74) is 0.427. The van der Waals surface area contributed by atoms with Crippen LogP contribution in [0.15, 0.2) is 6.07 Å². The largest absolute Gasteiger partial charge is 0.391 e. The quantitative estimate of drug-likeness (QED) is 0.784. The van der Waals surface area contributed by atoms with Crippen molar-refractivity contribution in [2.24, 2.45) is 0 Å². The molecule has 1 aromatic heterocycles. The van der Waals surface area contributed by atoms with E-state index in [1.807, 2.05) is 13.8 Å². The predicted octanol–water partition coefficient (Wildman–Crippen LogP) is 0.952. The molecule has 5 heteroatoms. The van der Waals surface area contributed by atoms with Crippen LogP contribution in [0.4, 0.5) is 0 Å². The van der Waals surface area contributed by atoms with E-state index in [2.05, 4.69) is 9.69 Å². The minimum atomic E-state index is -0.473. The van der Waals surface area contributed by atoms with Gasteiger partial charge in [-0.15, -0.1) is 0 Å². The monoisotopic (exact) mass is 214 g/mol. The van der Waals surface area contributed by atoms with Crippen LogP contribution in [-0.2, 0) is 0 Å². The van der Waals surface area contributed by atoms with Crippen molar-refractivity contribution in [2.75, 3.05) is 6.54 Å². The SMILES string of the molecule is CC[C@@H](O)CNC(=O)c1cc(C)sn1. The van der Waals surface area contributed by atoms with Crippen LogP contribution in [0, 0.1) is 6.92 Å². The zero-order valence-corrected chi connectivity index (χ0v) is 9.10. The molecule has 14 heavy (non-hydrogen) atoms. The molecule has 0 aliphatic heterocycles. The predicted molar refractivity (Wildman–Crippen MR) is 55.5 cm³/mol. The highest BCUT2D eigenvalue weighted by Gasteiger charge is 2.10. The van der Waals surface area contributed by atoms with Gasteiger partial charge < -0.3 is 10.4 Å². The molecule has 1 amide bonds. The molecule has 0 unspecified atom stereocenters. The van der Waals surface area contributed by atoms with Gasteiger partial charge in [0, 0.05) is 11.4 Å². The fourth-order valence-electron chi connectivity index (χ4n) is 0.919. The van der Waals surface area contributed by atoms with Gasteiger partial charge in [-0.3, -0.25) is 4.79 Å². The number of aryl methyl sites for hydroxylation is 1. The van der Waals surface area contributed by atoms with Gasteiger partial charge in [-0.25, -0.2) is 0 Å². The lowest BCUT2D eigenvalue weighted by Crippen LogP contribution is -2.31. The van der Waals surface area contributed by atoms with E-state index in [9.17, 15) is 9.90 Å². The Morgan fingerprint density at radius 2 is 2.50 bits per heavy atom. The number of aliphatic hydroxyl groups is 1. The van der Waals surface area contributed by atoms with Gasteiger partial charge in [0.1, 0.15) is 5.69 Å². The summed E-state index contributed by atoms with van der Waals surface area (Å²) in [4.78, 5) is 12.4. The van der Waals surface area contributed by atoms with Crippen LogP contribution in [0.3, 0.4) is 0 Å². The molecule has 0 aromatic carbocycles. The van der Waals surface area contributed by atoms with Gasteiger partial charge in [-0.2, -0.15) is 4.37 Å². The summed E-state index contributed by atoms with van der Waals surface area (Å²) in [5.74, 6) is -0.221. The fourth-order valence-corrected chi connectivity index (χ4v) is 1.46. The molecule has 0 saturated carbocycles. The van der Waals surface area contributed by atoms with Crippen LogP contribution in [0.5, 0.6) is 0 Å². The maximum absolute atomic E-state index is 11.4. The fraction of sp³-hybridized carbons (Fsp3) is 0.556. The molecule has 1 rings (SSSR count). The van der Waals surface area contributed by atoms with Gasteiger partial charge in [-0.05, 0) is 30.9 Å². The van der Waals surface area contributed by atoms with Gasteiger partial charge in [0.15, 0.2) is 0 Å². The Hall–Kier alpha value is -0.940. The molecule has 78 valence electrons. The average Bonchev–Trinajstić information content (AvgIpc) is 2.60. The molecule has 1 aromatic rings. The van der Waals surface area contributed by atoms with Crippen LogP contribution in [-0.4, -0.2) is 28.0 Å². The summed E-state index contributed by atoms with van der Waals surface area (Å²) in [5, 5.41) is 11.8. The Balaban J connectivity index is 2.43. The Labute approximate surface area is 87.1 Å². The number of aliphatic hydroxyl groups excluding tert-OH is 1. The highest BCUT2D eigenvalue weighted by Crippen LogP contribution is 2.07. The third-order valence-electron chi connectivity index (χ3n) is 1.83. The normalized spacial score (nSPS) is 12.5. The maximum atomic E-state index is 11.4. The topological polar surface area (TPSA) is 62.2 Å². The second kappa shape index (κ2) is 5.07. The number of nitrogens with one attached hydrogen (secondary N) is 1.